The predicted octanol–water partition coefficient (Wildman–Crippen LogP) is 22.2. The second-order valence-corrected chi connectivity index (χ2v) is 28.8. The third kappa shape index (κ3) is 70.7. The standard InChI is InChI=1S/C79H140O17P2/c1-5-9-13-17-21-25-29-33-36-40-43-47-51-55-59-63-76(81)89-69-74(95-78(83)65-61-57-53-49-45-39-32-28-24-20-16-12-8-4)71-93-97(85,86)91-67-73(80)68-92-98(87,88)94-72-75(96-79(84)66-62-58-54-50-46-42-38-35-31-27-23-19-15-11-7-3)70-90-77(82)64-60-56-52-48-44-41-37-34-30-26-22-18-14-10-6-2/h16,20-22,25-26,28,32-38,73-75,80H,5-15,17-19,23-24,27,29-31,39-72H2,1-4H3,(H,85,86)(H,87,88)/b20-16-,25-21-,26-22-,32-28-,36-33-,37-34-,38-35-. The van der Waals surface area contributed by atoms with Crippen molar-refractivity contribution in [2.24, 2.45) is 0 Å². The molecule has 0 aromatic carbocycles. The highest BCUT2D eigenvalue weighted by molar-refractivity contribution is 7.47. The Kier molecular flexibility index (Phi) is 68.9. The molecular weight excluding hydrogens is 1280 g/mol. The molecule has 0 saturated carbocycles. The number of hydrogen-bond acceptors (Lipinski definition) is 15. The monoisotopic (exact) mass is 1420 g/mol. The van der Waals surface area contributed by atoms with E-state index in [1.165, 1.54) is 77.0 Å². The van der Waals surface area contributed by atoms with Gasteiger partial charge in [0, 0.05) is 25.7 Å². The quantitative estimate of drug-likeness (QED) is 0.0169. The fraction of sp³-hybridized carbons (Fsp3) is 0.772. The molecule has 0 aromatic rings. The smallest absolute Gasteiger partial charge is 0.462 e. The molecule has 0 aliphatic heterocycles. The van der Waals surface area contributed by atoms with Crippen molar-refractivity contribution >= 4 is 39.5 Å². The number of phosphoric acid groups is 2. The Morgan fingerprint density at radius 2 is 0.520 bits per heavy atom. The van der Waals surface area contributed by atoms with Gasteiger partial charge in [0.1, 0.15) is 19.3 Å². The van der Waals surface area contributed by atoms with Gasteiger partial charge >= 0.3 is 39.5 Å². The molecule has 98 heavy (non-hydrogen) atoms. The third-order valence-electron chi connectivity index (χ3n) is 16.3. The molecule has 568 valence electrons. The molecule has 0 radical (unpaired) electrons. The minimum atomic E-state index is -4.98. The van der Waals surface area contributed by atoms with Crippen LogP contribution in [-0.4, -0.2) is 96.7 Å². The number of allylic oxidation sites excluding steroid dienone is 14. The van der Waals surface area contributed by atoms with E-state index < -0.39 is 97.5 Å². The minimum Gasteiger partial charge on any atom is -0.462 e. The van der Waals surface area contributed by atoms with Crippen molar-refractivity contribution in [2.75, 3.05) is 39.6 Å². The summed E-state index contributed by atoms with van der Waals surface area (Å²) in [7, 11) is -9.96. The average molecular weight is 1420 g/mol. The average Bonchev–Trinajstić information content (AvgIpc) is 1.07. The van der Waals surface area contributed by atoms with Gasteiger partial charge in [-0.1, -0.05) is 254 Å². The van der Waals surface area contributed by atoms with Crippen LogP contribution in [0.5, 0.6) is 0 Å². The van der Waals surface area contributed by atoms with Crippen molar-refractivity contribution in [2.45, 2.75) is 354 Å². The van der Waals surface area contributed by atoms with Crippen LogP contribution >= 0.6 is 15.6 Å². The molecule has 0 saturated heterocycles. The van der Waals surface area contributed by atoms with Gasteiger partial charge in [0.2, 0.25) is 0 Å². The Morgan fingerprint density at radius 3 is 0.827 bits per heavy atom. The van der Waals surface area contributed by atoms with Gasteiger partial charge in [-0.25, -0.2) is 9.13 Å². The lowest BCUT2D eigenvalue weighted by atomic mass is 10.1. The molecule has 0 fully saturated rings. The summed E-state index contributed by atoms with van der Waals surface area (Å²) in [5.74, 6) is -2.21. The van der Waals surface area contributed by atoms with Gasteiger partial charge in [0.25, 0.3) is 0 Å². The zero-order valence-electron chi connectivity index (χ0n) is 62.0. The number of phosphoric ester groups is 2. The summed E-state index contributed by atoms with van der Waals surface area (Å²) in [5.41, 5.74) is 0. The maximum Gasteiger partial charge on any atom is 0.472 e. The maximum absolute atomic E-state index is 13.1. The molecule has 17 nitrogen and oxygen atoms in total. The number of ether oxygens (including phenoxy) is 4. The topological polar surface area (TPSA) is 237 Å². The van der Waals surface area contributed by atoms with Crippen LogP contribution in [0.3, 0.4) is 0 Å². The van der Waals surface area contributed by atoms with Crippen LogP contribution < -0.4 is 0 Å². The van der Waals surface area contributed by atoms with Crippen molar-refractivity contribution < 1.29 is 80.2 Å². The number of rotatable bonds is 73. The van der Waals surface area contributed by atoms with E-state index in [0.717, 1.165) is 180 Å². The zero-order valence-corrected chi connectivity index (χ0v) is 63.7. The fourth-order valence-corrected chi connectivity index (χ4v) is 11.9. The summed E-state index contributed by atoms with van der Waals surface area (Å²) in [6.07, 6.45) is 72.8. The lowest BCUT2D eigenvalue weighted by Crippen LogP contribution is -2.30. The Hall–Kier alpha value is -3.76. The second-order valence-electron chi connectivity index (χ2n) is 25.9. The van der Waals surface area contributed by atoms with E-state index in [4.69, 9.17) is 37.0 Å². The van der Waals surface area contributed by atoms with Gasteiger partial charge in [-0.15, -0.1) is 0 Å². The second kappa shape index (κ2) is 71.6. The fourth-order valence-electron chi connectivity index (χ4n) is 10.3. The molecule has 0 heterocycles. The molecule has 0 aliphatic rings. The lowest BCUT2D eigenvalue weighted by molar-refractivity contribution is -0.161. The molecule has 0 rings (SSSR count). The molecule has 5 unspecified atom stereocenters. The highest BCUT2D eigenvalue weighted by Gasteiger charge is 2.30. The van der Waals surface area contributed by atoms with E-state index in [2.05, 4.69) is 113 Å². The van der Waals surface area contributed by atoms with Crippen LogP contribution in [0.15, 0.2) is 85.1 Å². The van der Waals surface area contributed by atoms with Gasteiger partial charge in [0.05, 0.1) is 26.4 Å². The van der Waals surface area contributed by atoms with E-state index in [-0.39, 0.29) is 25.7 Å². The number of aliphatic hydroxyl groups is 1. The van der Waals surface area contributed by atoms with E-state index in [9.17, 15) is 43.2 Å². The zero-order chi connectivity index (χ0) is 71.8. The van der Waals surface area contributed by atoms with Crippen molar-refractivity contribution in [3.63, 3.8) is 0 Å². The Labute approximate surface area is 595 Å². The first-order chi connectivity index (χ1) is 47.7. The SMILES string of the molecule is CCC/C=C\C/C=C\CCCCCCCC(=O)OC(COC(=O)CCCCCCC/C=C\C/C=C\CCCCC)COP(=O)(O)OCC(O)COP(=O)(O)OCC(COC(=O)CCCCCCC/C=C\C/C=C\CCCCC)OC(=O)CCCCCCC/C=C\CCCCCCCC. The molecule has 0 bridgehead atoms. The molecule has 5 atom stereocenters. The molecule has 19 heteroatoms. The number of hydrogen-bond donors (Lipinski definition) is 3. The predicted molar refractivity (Wildman–Crippen MR) is 399 cm³/mol. The van der Waals surface area contributed by atoms with Crippen LogP contribution in [0.25, 0.3) is 0 Å². The molecule has 3 N–H and O–H groups in total. The van der Waals surface area contributed by atoms with Gasteiger partial charge in [-0.2, -0.15) is 0 Å². The summed E-state index contributed by atoms with van der Waals surface area (Å²) >= 11 is 0. The van der Waals surface area contributed by atoms with Crippen molar-refractivity contribution in [3.05, 3.63) is 85.1 Å². The normalized spacial score (nSPS) is 14.4. The Bertz CT molecular complexity index is 2190. The van der Waals surface area contributed by atoms with Crippen molar-refractivity contribution in [1.29, 1.82) is 0 Å². The molecule has 0 aliphatic carbocycles. The minimum absolute atomic E-state index is 0.0763. The van der Waals surface area contributed by atoms with Crippen LogP contribution in [0.2, 0.25) is 0 Å². The molecule has 0 amide bonds. The highest BCUT2D eigenvalue weighted by Crippen LogP contribution is 2.45. The van der Waals surface area contributed by atoms with E-state index in [1.807, 2.05) is 0 Å². The van der Waals surface area contributed by atoms with Crippen LogP contribution in [-0.2, 0) is 65.4 Å². The largest absolute Gasteiger partial charge is 0.472 e. The van der Waals surface area contributed by atoms with Gasteiger partial charge in [-0.05, 0) is 141 Å². The van der Waals surface area contributed by atoms with E-state index in [1.54, 1.807) is 0 Å². The van der Waals surface area contributed by atoms with Crippen LogP contribution in [0, 0.1) is 0 Å². The maximum atomic E-state index is 13.1. The summed E-state index contributed by atoms with van der Waals surface area (Å²) in [6.45, 7) is 4.73. The Balaban J connectivity index is 5.37. The first kappa shape index (κ1) is 94.2. The number of esters is 4. The summed E-state index contributed by atoms with van der Waals surface area (Å²) in [6, 6.07) is 0. The molecular formula is C79H140O17P2. The number of carbonyl (C=O) groups excluding carboxylic acids is 4. The van der Waals surface area contributed by atoms with Gasteiger partial charge in [0.15, 0.2) is 12.2 Å². The van der Waals surface area contributed by atoms with Crippen LogP contribution in [0.4, 0.5) is 0 Å². The summed E-state index contributed by atoms with van der Waals surface area (Å²) < 4.78 is 68.5. The highest BCUT2D eigenvalue weighted by atomic mass is 31.2. The van der Waals surface area contributed by atoms with Gasteiger partial charge < -0.3 is 33.8 Å². The lowest BCUT2D eigenvalue weighted by Gasteiger charge is -2.21. The first-order valence-corrected chi connectivity index (χ1v) is 41.8. The van der Waals surface area contributed by atoms with Crippen molar-refractivity contribution in [1.82, 2.24) is 0 Å². The number of aliphatic hydroxyl groups excluding tert-OH is 1. The Morgan fingerprint density at radius 1 is 0.286 bits per heavy atom. The van der Waals surface area contributed by atoms with Crippen LogP contribution in [0.1, 0.15) is 336 Å². The van der Waals surface area contributed by atoms with E-state index >= 15 is 0 Å². The number of unbranched alkanes of at least 4 members (excludes halogenated alkanes) is 33. The first-order valence-electron chi connectivity index (χ1n) is 38.8. The summed E-state index contributed by atoms with van der Waals surface area (Å²) in [5, 5.41) is 10.6. The van der Waals surface area contributed by atoms with E-state index in [0.29, 0.717) is 25.7 Å². The number of carbonyl (C=O) groups is 4. The third-order valence-corrected chi connectivity index (χ3v) is 18.2. The molecule has 0 spiro atoms. The van der Waals surface area contributed by atoms with Gasteiger partial charge in [-0.3, -0.25) is 37.3 Å². The van der Waals surface area contributed by atoms with Crippen molar-refractivity contribution in [3.8, 4) is 0 Å². The molecule has 0 aromatic heterocycles. The summed E-state index contributed by atoms with van der Waals surface area (Å²) in [4.78, 5) is 72.9.